The Bertz CT molecular complexity index is 528. The molecule has 2 aromatic heterocycles. The van der Waals surface area contributed by atoms with E-state index in [1.807, 2.05) is 11.3 Å². The van der Waals surface area contributed by atoms with Gasteiger partial charge in [0.15, 0.2) is 0 Å². The van der Waals surface area contributed by atoms with Crippen LogP contribution >= 0.6 is 70.5 Å². The van der Waals surface area contributed by atoms with Crippen molar-refractivity contribution >= 4 is 70.5 Å². The summed E-state index contributed by atoms with van der Waals surface area (Å²) in [6, 6.07) is 4.63. The van der Waals surface area contributed by atoms with Crippen molar-refractivity contribution in [2.45, 2.75) is 19.9 Å². The van der Waals surface area contributed by atoms with Gasteiger partial charge in [-0.2, -0.15) is 0 Å². The number of thiophene rings is 2. The molecule has 1 N–H and O–H groups in total. The third-order valence-corrected chi connectivity index (χ3v) is 7.81. The third kappa shape index (κ3) is 3.27. The lowest BCUT2D eigenvalue weighted by Gasteiger charge is -2.15. The van der Waals surface area contributed by atoms with E-state index in [4.69, 9.17) is 0 Å². The molecular formula is C12H12Br3NS2. The average Bonchev–Trinajstić information content (AvgIpc) is 2.79. The Morgan fingerprint density at radius 1 is 1.17 bits per heavy atom. The average molecular weight is 474 g/mol. The molecule has 0 aliphatic rings. The molecule has 6 heteroatoms. The highest BCUT2D eigenvalue weighted by Crippen LogP contribution is 2.41. The van der Waals surface area contributed by atoms with Gasteiger partial charge in [0.05, 0.1) is 9.83 Å². The van der Waals surface area contributed by atoms with Crippen LogP contribution in [0, 0.1) is 6.92 Å². The maximum atomic E-state index is 3.66. The van der Waals surface area contributed by atoms with E-state index in [0.29, 0.717) is 0 Å². The van der Waals surface area contributed by atoms with Crippen molar-refractivity contribution in [3.05, 3.63) is 39.5 Å². The molecule has 2 aromatic rings. The van der Waals surface area contributed by atoms with Crippen LogP contribution in [0.1, 0.15) is 27.6 Å². The van der Waals surface area contributed by atoms with Crippen LogP contribution in [-0.2, 0) is 0 Å². The number of halogens is 3. The monoisotopic (exact) mass is 471 g/mol. The molecule has 1 atom stereocenters. The first kappa shape index (κ1) is 15.2. The fraction of sp³-hybridized carbons (Fsp3) is 0.333. The second-order valence-corrected chi connectivity index (χ2v) is 9.23. The Labute approximate surface area is 140 Å². The fourth-order valence-electron chi connectivity index (χ4n) is 1.73. The van der Waals surface area contributed by atoms with Gasteiger partial charge in [0, 0.05) is 23.6 Å². The van der Waals surface area contributed by atoms with Crippen LogP contribution in [-0.4, -0.2) is 6.54 Å². The van der Waals surface area contributed by atoms with E-state index in [2.05, 4.69) is 79.1 Å². The van der Waals surface area contributed by atoms with Gasteiger partial charge in [-0.3, -0.25) is 0 Å². The Morgan fingerprint density at radius 3 is 2.33 bits per heavy atom. The molecular weight excluding hydrogens is 462 g/mol. The summed E-state index contributed by atoms with van der Waals surface area (Å²) in [5, 5.41) is 3.56. The highest BCUT2D eigenvalue weighted by Gasteiger charge is 2.21. The van der Waals surface area contributed by atoms with Crippen LogP contribution in [0.3, 0.4) is 0 Å². The summed E-state index contributed by atoms with van der Waals surface area (Å²) < 4.78 is 3.45. The van der Waals surface area contributed by atoms with Crippen LogP contribution in [0.25, 0.3) is 0 Å². The predicted octanol–water partition coefficient (Wildman–Crippen LogP) is 6.10. The number of rotatable bonds is 4. The van der Waals surface area contributed by atoms with Gasteiger partial charge in [-0.1, -0.05) is 6.92 Å². The van der Waals surface area contributed by atoms with E-state index >= 15 is 0 Å². The van der Waals surface area contributed by atoms with Gasteiger partial charge >= 0.3 is 0 Å². The van der Waals surface area contributed by atoms with Crippen LogP contribution in [0.4, 0.5) is 0 Å². The quantitative estimate of drug-likeness (QED) is 0.565. The first-order valence-corrected chi connectivity index (χ1v) is 9.48. The van der Waals surface area contributed by atoms with E-state index in [1.54, 1.807) is 11.3 Å². The summed E-state index contributed by atoms with van der Waals surface area (Å²) in [5.74, 6) is 0. The highest BCUT2D eigenvalue weighted by atomic mass is 79.9. The molecule has 2 heterocycles. The molecule has 0 aliphatic heterocycles. The first-order chi connectivity index (χ1) is 8.52. The van der Waals surface area contributed by atoms with Crippen LogP contribution < -0.4 is 5.32 Å². The largest absolute Gasteiger partial charge is 0.305 e. The van der Waals surface area contributed by atoms with Gasteiger partial charge in [-0.05, 0) is 73.4 Å². The van der Waals surface area contributed by atoms with Gasteiger partial charge in [-0.25, -0.2) is 0 Å². The van der Waals surface area contributed by atoms with Gasteiger partial charge < -0.3 is 5.32 Å². The summed E-state index contributed by atoms with van der Waals surface area (Å²) in [6.45, 7) is 5.22. The summed E-state index contributed by atoms with van der Waals surface area (Å²) >= 11 is 14.4. The minimum Gasteiger partial charge on any atom is -0.305 e. The molecule has 0 aliphatic carbocycles. The highest BCUT2D eigenvalue weighted by molar-refractivity contribution is 9.13. The molecule has 0 radical (unpaired) electrons. The van der Waals surface area contributed by atoms with Gasteiger partial charge in [0.2, 0.25) is 0 Å². The van der Waals surface area contributed by atoms with Crippen molar-refractivity contribution in [2.24, 2.45) is 0 Å². The van der Waals surface area contributed by atoms with E-state index < -0.39 is 0 Å². The number of aryl methyl sites for hydroxylation is 1. The molecule has 0 saturated heterocycles. The molecule has 0 aromatic carbocycles. The molecule has 0 bridgehead atoms. The van der Waals surface area contributed by atoms with E-state index in [9.17, 15) is 0 Å². The molecule has 0 saturated carbocycles. The van der Waals surface area contributed by atoms with E-state index in [-0.39, 0.29) is 6.04 Å². The minimum absolute atomic E-state index is 0.260. The zero-order chi connectivity index (χ0) is 13.3. The van der Waals surface area contributed by atoms with Crippen LogP contribution in [0.2, 0.25) is 0 Å². The lowest BCUT2D eigenvalue weighted by molar-refractivity contribution is 0.647. The first-order valence-electron chi connectivity index (χ1n) is 5.46. The molecule has 98 valence electrons. The Hall–Kier alpha value is 0.800. The second kappa shape index (κ2) is 6.50. The van der Waals surface area contributed by atoms with Crippen molar-refractivity contribution in [3.63, 3.8) is 0 Å². The molecule has 0 amide bonds. The standard InChI is InChI=1S/C12H12Br3NS2/c1-3-16-10(9-5-8(14)12(15)18-9)11-7(13)4-6(2)17-11/h4-5,10,16H,3H2,1-2H3. The van der Waals surface area contributed by atoms with Crippen molar-refractivity contribution in [2.75, 3.05) is 6.54 Å². The zero-order valence-corrected chi connectivity index (χ0v) is 16.3. The number of hydrogen-bond acceptors (Lipinski definition) is 3. The maximum Gasteiger partial charge on any atom is 0.0843 e. The number of hydrogen-bond donors (Lipinski definition) is 1. The third-order valence-electron chi connectivity index (χ3n) is 2.46. The Balaban J connectivity index is 2.42. The zero-order valence-electron chi connectivity index (χ0n) is 9.89. The summed E-state index contributed by atoms with van der Waals surface area (Å²) in [7, 11) is 0. The molecule has 0 spiro atoms. The molecule has 1 nitrogen and oxygen atoms in total. The van der Waals surface area contributed by atoms with Crippen molar-refractivity contribution in [3.8, 4) is 0 Å². The van der Waals surface area contributed by atoms with E-state index in [1.165, 1.54) is 19.1 Å². The fourth-order valence-corrected chi connectivity index (χ4v) is 5.96. The van der Waals surface area contributed by atoms with E-state index in [0.717, 1.165) is 14.8 Å². The SMILES string of the molecule is CCNC(c1cc(Br)c(Br)s1)c1sc(C)cc1Br. The van der Waals surface area contributed by atoms with Gasteiger partial charge in [0.1, 0.15) is 0 Å². The van der Waals surface area contributed by atoms with Crippen molar-refractivity contribution < 1.29 is 0 Å². The lowest BCUT2D eigenvalue weighted by atomic mass is 10.2. The minimum atomic E-state index is 0.260. The molecule has 0 fully saturated rings. The second-order valence-electron chi connectivity index (χ2n) is 3.83. The normalized spacial score (nSPS) is 12.9. The molecule has 2 rings (SSSR count). The van der Waals surface area contributed by atoms with Crippen molar-refractivity contribution in [1.82, 2.24) is 5.32 Å². The van der Waals surface area contributed by atoms with Gasteiger partial charge in [-0.15, -0.1) is 22.7 Å². The summed E-state index contributed by atoms with van der Waals surface area (Å²) in [5.41, 5.74) is 0. The topological polar surface area (TPSA) is 12.0 Å². The number of nitrogens with one attached hydrogen (secondary N) is 1. The van der Waals surface area contributed by atoms with Gasteiger partial charge in [0.25, 0.3) is 0 Å². The lowest BCUT2D eigenvalue weighted by Crippen LogP contribution is -2.20. The summed E-state index contributed by atoms with van der Waals surface area (Å²) in [6.07, 6.45) is 0. The molecule has 1 unspecified atom stereocenters. The summed E-state index contributed by atoms with van der Waals surface area (Å²) in [4.78, 5) is 3.99. The van der Waals surface area contributed by atoms with Crippen LogP contribution in [0.5, 0.6) is 0 Å². The predicted molar refractivity (Wildman–Crippen MR) is 92.0 cm³/mol. The van der Waals surface area contributed by atoms with Crippen molar-refractivity contribution in [1.29, 1.82) is 0 Å². The van der Waals surface area contributed by atoms with Crippen LogP contribution in [0.15, 0.2) is 24.9 Å². The maximum absolute atomic E-state index is 3.66. The Kier molecular flexibility index (Phi) is 5.49. The smallest absolute Gasteiger partial charge is 0.0843 e. The Morgan fingerprint density at radius 2 is 1.89 bits per heavy atom. The molecule has 18 heavy (non-hydrogen) atoms.